The summed E-state index contributed by atoms with van der Waals surface area (Å²) < 4.78 is 6.27. The number of nitrogens with zero attached hydrogens (tertiary/aromatic N) is 6. The highest BCUT2D eigenvalue weighted by atomic mass is 16.5. The Morgan fingerprint density at radius 3 is 1.02 bits per heavy atom. The molecule has 0 amide bonds. The molecule has 2 aliphatic rings. The molecular formula is C38H60N10O. The molecule has 0 aromatic heterocycles. The van der Waals surface area contributed by atoms with Gasteiger partial charge in [0.2, 0.25) is 0 Å². The molecule has 0 radical (unpaired) electrons. The lowest BCUT2D eigenvalue weighted by atomic mass is 10.2. The summed E-state index contributed by atoms with van der Waals surface area (Å²) in [6.45, 7) is 18.5. The van der Waals surface area contributed by atoms with E-state index in [4.69, 9.17) is 24.7 Å². The smallest absolute Gasteiger partial charge is 0.127 e. The number of ether oxygens (including phenoxy) is 1. The molecule has 268 valence electrons. The second kappa shape index (κ2) is 22.2. The van der Waals surface area contributed by atoms with Gasteiger partial charge < -0.3 is 14.5 Å². The van der Waals surface area contributed by atoms with Gasteiger partial charge in [0.05, 0.1) is 26.7 Å². The molecule has 4 N–H and O–H groups in total. The van der Waals surface area contributed by atoms with Gasteiger partial charge in [0, 0.05) is 73.2 Å². The van der Waals surface area contributed by atoms with Crippen LogP contribution in [0.25, 0.3) is 0 Å². The molecule has 2 heterocycles. The first-order valence-electron chi connectivity index (χ1n) is 18.2. The van der Waals surface area contributed by atoms with Crippen LogP contribution in [-0.2, 0) is 0 Å². The van der Waals surface area contributed by atoms with E-state index in [0.29, 0.717) is 0 Å². The molecule has 11 nitrogen and oxygen atoms in total. The Hall–Kier alpha value is -3.64. The molecule has 4 rings (SSSR count). The summed E-state index contributed by atoms with van der Waals surface area (Å²) in [5, 5.41) is 14.4. The summed E-state index contributed by atoms with van der Waals surface area (Å²) in [4.78, 5) is 23.6. The predicted molar refractivity (Wildman–Crippen MR) is 209 cm³/mol. The van der Waals surface area contributed by atoms with Gasteiger partial charge >= 0.3 is 0 Å². The van der Waals surface area contributed by atoms with Crippen molar-refractivity contribution in [3.63, 3.8) is 0 Å². The molecule has 2 aromatic rings. The van der Waals surface area contributed by atoms with Gasteiger partial charge in [0.1, 0.15) is 11.5 Å². The van der Waals surface area contributed by atoms with Crippen LogP contribution in [0.2, 0.25) is 0 Å². The second-order valence-electron chi connectivity index (χ2n) is 13.0. The lowest BCUT2D eigenvalue weighted by Gasteiger charge is -2.26. The van der Waals surface area contributed by atoms with Crippen LogP contribution in [0.3, 0.4) is 0 Å². The Bertz CT molecular complexity index is 1190. The summed E-state index contributed by atoms with van der Waals surface area (Å²) >= 11 is 0. The van der Waals surface area contributed by atoms with E-state index in [2.05, 4.69) is 83.0 Å². The third-order valence-corrected chi connectivity index (χ3v) is 8.45. The normalized spacial score (nSPS) is 19.7. The number of aliphatic imine (C=N–C) groups is 4. The third-order valence-electron chi connectivity index (χ3n) is 8.45. The van der Waals surface area contributed by atoms with E-state index in [1.54, 1.807) is 0 Å². The van der Waals surface area contributed by atoms with Gasteiger partial charge in [-0.25, -0.2) is 0 Å². The molecule has 0 aliphatic carbocycles. The van der Waals surface area contributed by atoms with Gasteiger partial charge in [-0.2, -0.15) is 0 Å². The lowest BCUT2D eigenvalue weighted by Crippen LogP contribution is -2.41. The van der Waals surface area contributed by atoms with E-state index in [1.807, 2.05) is 24.3 Å². The maximum Gasteiger partial charge on any atom is 0.127 e. The van der Waals surface area contributed by atoms with Crippen molar-refractivity contribution >= 4 is 34.2 Å². The maximum absolute atomic E-state index is 6.27. The van der Waals surface area contributed by atoms with E-state index in [1.165, 1.54) is 22.8 Å². The van der Waals surface area contributed by atoms with Crippen LogP contribution < -0.4 is 35.8 Å². The molecule has 0 atom stereocenters. The first-order chi connectivity index (χ1) is 24.0. The van der Waals surface area contributed by atoms with Crippen molar-refractivity contribution in [2.24, 2.45) is 20.0 Å². The summed E-state index contributed by atoms with van der Waals surface area (Å²) in [5.74, 6) is 1.63. The summed E-state index contributed by atoms with van der Waals surface area (Å²) in [7, 11) is 0. The van der Waals surface area contributed by atoms with Crippen LogP contribution in [-0.4, -0.2) is 102 Å². The monoisotopic (exact) mass is 672 g/mol. The zero-order valence-corrected chi connectivity index (χ0v) is 30.4. The highest BCUT2D eigenvalue weighted by Gasteiger charge is 2.10. The third kappa shape index (κ3) is 15.2. The number of hydrogen-bond acceptors (Lipinski definition) is 11. The molecule has 49 heavy (non-hydrogen) atoms. The number of hydrogen-bond donors (Lipinski definition) is 4. The van der Waals surface area contributed by atoms with Crippen LogP contribution in [0.15, 0.2) is 68.5 Å². The van der Waals surface area contributed by atoms with Crippen molar-refractivity contribution < 1.29 is 4.74 Å². The molecule has 2 aromatic carbocycles. The van der Waals surface area contributed by atoms with Crippen molar-refractivity contribution in [3.8, 4) is 11.5 Å². The number of nitrogens with one attached hydrogen (secondary N) is 4. The molecule has 0 spiro atoms. The van der Waals surface area contributed by atoms with E-state index in [9.17, 15) is 0 Å². The summed E-state index contributed by atoms with van der Waals surface area (Å²) in [6, 6.07) is 16.7. The van der Waals surface area contributed by atoms with Crippen LogP contribution in [0.1, 0.15) is 66.2 Å². The van der Waals surface area contributed by atoms with Crippen molar-refractivity contribution in [2.75, 3.05) is 88.8 Å². The zero-order valence-electron chi connectivity index (χ0n) is 30.4. The Morgan fingerprint density at radius 2 is 0.735 bits per heavy atom. The fourth-order valence-electron chi connectivity index (χ4n) is 5.78. The standard InChI is InChI=1S/C38H60N10O/c1-31-25-32(2)44-22-6-18-40-28-47(27-39-17-5-21-43-31)35-9-13-37(14-10-35)49-38-15-11-36(12-16-38)48-29-41-19-7-23-45-33(3)26-34(4)46-24-8-20-42-30-48/h9-16,39-42H,5-8,17-30H2,1-4H3. The van der Waals surface area contributed by atoms with Gasteiger partial charge in [-0.05, 0) is 128 Å². The average Bonchev–Trinajstić information content (AvgIpc) is 3.08. The largest absolute Gasteiger partial charge is 0.457 e. The fourth-order valence-corrected chi connectivity index (χ4v) is 5.78. The van der Waals surface area contributed by atoms with Gasteiger partial charge in [-0.15, -0.1) is 0 Å². The fraction of sp³-hybridized carbons (Fsp3) is 0.579. The highest BCUT2D eigenvalue weighted by Crippen LogP contribution is 2.26. The number of rotatable bonds is 4. The molecule has 0 unspecified atom stereocenters. The Balaban J connectivity index is 1.31. The van der Waals surface area contributed by atoms with Gasteiger partial charge in [0.25, 0.3) is 0 Å². The molecule has 0 saturated heterocycles. The second-order valence-corrected chi connectivity index (χ2v) is 13.0. The molecule has 0 bridgehead atoms. The van der Waals surface area contributed by atoms with Crippen molar-refractivity contribution in [3.05, 3.63) is 48.5 Å². The minimum absolute atomic E-state index is 0.760. The van der Waals surface area contributed by atoms with Crippen LogP contribution >= 0.6 is 0 Å². The SMILES string of the molecule is CC1=NCCCNCN(c2ccc(Oc3ccc(N4CNCCCN=C(C)CC(C)=NCCCNC4)cc3)cc2)CNCCCN=C(C)C1. The topological polar surface area (TPSA) is 113 Å². The van der Waals surface area contributed by atoms with Gasteiger partial charge in [-0.1, -0.05) is 0 Å². The molecule has 2 aliphatic heterocycles. The van der Waals surface area contributed by atoms with Crippen LogP contribution in [0.5, 0.6) is 11.5 Å². The maximum atomic E-state index is 6.27. The van der Waals surface area contributed by atoms with Crippen molar-refractivity contribution in [1.82, 2.24) is 21.3 Å². The van der Waals surface area contributed by atoms with Crippen LogP contribution in [0, 0.1) is 0 Å². The Morgan fingerprint density at radius 1 is 0.449 bits per heavy atom. The van der Waals surface area contributed by atoms with Gasteiger partial charge in [0.15, 0.2) is 0 Å². The minimum Gasteiger partial charge on any atom is -0.457 e. The van der Waals surface area contributed by atoms with E-state index >= 15 is 0 Å². The number of benzene rings is 2. The number of anilines is 2. The predicted octanol–water partition coefficient (Wildman–Crippen LogP) is 5.49. The molecule has 0 fully saturated rings. The van der Waals surface area contributed by atoms with Crippen LogP contribution in [0.4, 0.5) is 11.4 Å². The Labute approximate surface area is 294 Å². The van der Waals surface area contributed by atoms with Gasteiger partial charge in [-0.3, -0.25) is 41.2 Å². The minimum atomic E-state index is 0.760. The summed E-state index contributed by atoms with van der Waals surface area (Å²) in [5.41, 5.74) is 6.95. The van der Waals surface area contributed by atoms with E-state index < -0.39 is 0 Å². The lowest BCUT2D eigenvalue weighted by molar-refractivity contribution is 0.482. The van der Waals surface area contributed by atoms with Crippen molar-refractivity contribution in [2.45, 2.75) is 66.2 Å². The first kappa shape index (κ1) is 38.2. The highest BCUT2D eigenvalue weighted by molar-refractivity contribution is 6.02. The molecule has 11 heteroatoms. The average molecular weight is 673 g/mol. The zero-order chi connectivity index (χ0) is 34.5. The molecular weight excluding hydrogens is 612 g/mol. The van der Waals surface area contributed by atoms with E-state index in [-0.39, 0.29) is 0 Å². The Kier molecular flexibility index (Phi) is 17.3. The summed E-state index contributed by atoms with van der Waals surface area (Å²) in [6.07, 6.45) is 5.79. The first-order valence-corrected chi connectivity index (χ1v) is 18.2. The van der Waals surface area contributed by atoms with Crippen molar-refractivity contribution in [1.29, 1.82) is 0 Å². The quantitative estimate of drug-likeness (QED) is 0.340. The van der Waals surface area contributed by atoms with E-state index in [0.717, 1.165) is 140 Å². The molecule has 0 saturated carbocycles.